The van der Waals surface area contributed by atoms with Crippen molar-refractivity contribution >= 4 is 27.7 Å². The second-order valence-electron chi connectivity index (χ2n) is 5.72. The zero-order valence-corrected chi connectivity index (χ0v) is 15.5. The van der Waals surface area contributed by atoms with Gasteiger partial charge in [-0.05, 0) is 53.0 Å². The molecule has 0 saturated carbocycles. The van der Waals surface area contributed by atoms with Crippen molar-refractivity contribution in [1.82, 2.24) is 10.6 Å². The number of hydrogen-bond donors (Lipinski definition) is 2. The summed E-state index contributed by atoms with van der Waals surface area (Å²) in [6.07, 6.45) is 0.933. The number of hydrogen-bond acceptors (Lipinski definition) is 2. The lowest BCUT2D eigenvalue weighted by atomic mass is 10.1. The van der Waals surface area contributed by atoms with Crippen LogP contribution in [0, 0.1) is 12.7 Å². The average molecular weight is 407 g/mol. The van der Waals surface area contributed by atoms with Crippen molar-refractivity contribution in [2.24, 2.45) is 0 Å². The number of halogens is 2. The standard InChI is InChI=1S/C19H20BrFN2O2/c1-13-3-2-4-14(11-13)7-9-22-18(24)8-10-23-19(25)16-12-15(21)5-6-17(16)20/h2-6,11-12H,7-10H2,1H3,(H,22,24)(H,23,25). The summed E-state index contributed by atoms with van der Waals surface area (Å²) in [6, 6.07) is 12.0. The van der Waals surface area contributed by atoms with E-state index in [0.717, 1.165) is 12.5 Å². The minimum Gasteiger partial charge on any atom is -0.356 e. The second kappa shape index (κ2) is 9.32. The van der Waals surface area contributed by atoms with E-state index in [0.29, 0.717) is 11.0 Å². The Morgan fingerprint density at radius 1 is 1.08 bits per heavy atom. The van der Waals surface area contributed by atoms with E-state index in [4.69, 9.17) is 0 Å². The summed E-state index contributed by atoms with van der Waals surface area (Å²) < 4.78 is 13.7. The predicted molar refractivity (Wildman–Crippen MR) is 98.9 cm³/mol. The van der Waals surface area contributed by atoms with Crippen LogP contribution in [0.15, 0.2) is 46.9 Å². The monoisotopic (exact) mass is 406 g/mol. The Kier molecular flexibility index (Phi) is 7.13. The van der Waals surface area contributed by atoms with Gasteiger partial charge in [0.15, 0.2) is 0 Å². The zero-order chi connectivity index (χ0) is 18.2. The number of nitrogens with one attached hydrogen (secondary N) is 2. The number of rotatable bonds is 7. The third-order valence-electron chi connectivity index (χ3n) is 3.63. The number of carbonyl (C=O) groups excluding carboxylic acids is 2. The van der Waals surface area contributed by atoms with Crippen molar-refractivity contribution in [2.45, 2.75) is 19.8 Å². The van der Waals surface area contributed by atoms with Crippen LogP contribution in [0.4, 0.5) is 4.39 Å². The molecule has 2 aromatic rings. The molecule has 0 spiro atoms. The highest BCUT2D eigenvalue weighted by atomic mass is 79.9. The number of benzene rings is 2. The largest absolute Gasteiger partial charge is 0.356 e. The van der Waals surface area contributed by atoms with Gasteiger partial charge < -0.3 is 10.6 Å². The molecule has 0 saturated heterocycles. The lowest BCUT2D eigenvalue weighted by Crippen LogP contribution is -2.31. The Balaban J connectivity index is 1.69. The topological polar surface area (TPSA) is 58.2 Å². The molecule has 2 rings (SSSR count). The van der Waals surface area contributed by atoms with E-state index in [2.05, 4.69) is 32.6 Å². The lowest BCUT2D eigenvalue weighted by Gasteiger charge is -2.08. The molecule has 0 aliphatic carbocycles. The smallest absolute Gasteiger partial charge is 0.252 e. The lowest BCUT2D eigenvalue weighted by molar-refractivity contribution is -0.120. The normalized spacial score (nSPS) is 10.4. The van der Waals surface area contributed by atoms with Gasteiger partial charge in [-0.3, -0.25) is 9.59 Å². The van der Waals surface area contributed by atoms with Crippen LogP contribution in [0.2, 0.25) is 0 Å². The van der Waals surface area contributed by atoms with Crippen LogP contribution in [0.3, 0.4) is 0 Å². The van der Waals surface area contributed by atoms with Gasteiger partial charge >= 0.3 is 0 Å². The molecule has 0 heterocycles. The van der Waals surface area contributed by atoms with Crippen LogP contribution >= 0.6 is 15.9 Å². The summed E-state index contributed by atoms with van der Waals surface area (Å²) in [5, 5.41) is 5.44. The fourth-order valence-electron chi connectivity index (χ4n) is 2.36. The molecule has 0 fully saturated rings. The molecule has 0 aliphatic rings. The summed E-state index contributed by atoms with van der Waals surface area (Å²) in [5.74, 6) is -1.03. The van der Waals surface area contributed by atoms with Crippen molar-refractivity contribution in [3.8, 4) is 0 Å². The van der Waals surface area contributed by atoms with Gasteiger partial charge in [0.2, 0.25) is 5.91 Å². The minimum atomic E-state index is -0.484. The highest BCUT2D eigenvalue weighted by Gasteiger charge is 2.11. The van der Waals surface area contributed by atoms with Crippen molar-refractivity contribution in [1.29, 1.82) is 0 Å². The summed E-state index contributed by atoms with van der Waals surface area (Å²) in [7, 11) is 0. The van der Waals surface area contributed by atoms with Crippen molar-refractivity contribution in [3.05, 3.63) is 69.4 Å². The second-order valence-corrected chi connectivity index (χ2v) is 6.57. The van der Waals surface area contributed by atoms with Gasteiger partial charge in [-0.1, -0.05) is 29.8 Å². The molecule has 132 valence electrons. The van der Waals surface area contributed by atoms with E-state index < -0.39 is 11.7 Å². The molecule has 0 aromatic heterocycles. The van der Waals surface area contributed by atoms with Gasteiger partial charge in [0.05, 0.1) is 5.56 Å². The fourth-order valence-corrected chi connectivity index (χ4v) is 2.79. The number of carbonyl (C=O) groups is 2. The van der Waals surface area contributed by atoms with Crippen molar-refractivity contribution < 1.29 is 14.0 Å². The molecule has 6 heteroatoms. The third-order valence-corrected chi connectivity index (χ3v) is 4.32. The molecule has 2 aromatic carbocycles. The van der Waals surface area contributed by atoms with Crippen LogP contribution < -0.4 is 10.6 Å². The summed E-state index contributed by atoms with van der Waals surface area (Å²) in [6.45, 7) is 2.77. The first-order chi connectivity index (χ1) is 12.0. The van der Waals surface area contributed by atoms with Crippen LogP contribution in [-0.2, 0) is 11.2 Å². The molecule has 0 unspecified atom stereocenters. The van der Waals surface area contributed by atoms with E-state index >= 15 is 0 Å². The Labute approximate surface area is 154 Å². The van der Waals surface area contributed by atoms with Crippen molar-refractivity contribution in [2.75, 3.05) is 13.1 Å². The Bertz CT molecular complexity index is 765. The Morgan fingerprint density at radius 2 is 1.88 bits per heavy atom. The van der Waals surface area contributed by atoms with Gasteiger partial charge in [-0.2, -0.15) is 0 Å². The highest BCUT2D eigenvalue weighted by Crippen LogP contribution is 2.17. The maximum absolute atomic E-state index is 13.2. The first-order valence-electron chi connectivity index (χ1n) is 8.01. The third kappa shape index (κ3) is 6.31. The maximum atomic E-state index is 13.2. The average Bonchev–Trinajstić information content (AvgIpc) is 2.57. The van der Waals surface area contributed by atoms with Crippen LogP contribution in [0.1, 0.15) is 27.9 Å². The summed E-state index contributed by atoms with van der Waals surface area (Å²) in [5.41, 5.74) is 2.57. The molecular formula is C19H20BrFN2O2. The summed E-state index contributed by atoms with van der Waals surface area (Å²) >= 11 is 3.21. The number of aryl methyl sites for hydroxylation is 1. The van der Waals surface area contributed by atoms with Gasteiger partial charge in [-0.15, -0.1) is 0 Å². The molecule has 2 amide bonds. The van der Waals surface area contributed by atoms with Gasteiger partial charge in [0.1, 0.15) is 5.82 Å². The molecule has 0 atom stereocenters. The Morgan fingerprint density at radius 3 is 2.64 bits per heavy atom. The van der Waals surface area contributed by atoms with Crippen LogP contribution in [-0.4, -0.2) is 24.9 Å². The molecule has 0 radical (unpaired) electrons. The first kappa shape index (κ1) is 19.1. The van der Waals surface area contributed by atoms with E-state index in [-0.39, 0.29) is 24.4 Å². The first-order valence-corrected chi connectivity index (χ1v) is 8.80. The van der Waals surface area contributed by atoms with Gasteiger partial charge in [-0.25, -0.2) is 4.39 Å². The summed E-state index contributed by atoms with van der Waals surface area (Å²) in [4.78, 5) is 23.8. The predicted octanol–water partition coefficient (Wildman–Crippen LogP) is 3.38. The molecule has 0 bridgehead atoms. The van der Waals surface area contributed by atoms with Crippen molar-refractivity contribution in [3.63, 3.8) is 0 Å². The van der Waals surface area contributed by atoms with Crippen LogP contribution in [0.5, 0.6) is 0 Å². The zero-order valence-electron chi connectivity index (χ0n) is 13.9. The van der Waals surface area contributed by atoms with E-state index in [9.17, 15) is 14.0 Å². The van der Waals surface area contributed by atoms with E-state index in [1.54, 1.807) is 0 Å². The highest BCUT2D eigenvalue weighted by molar-refractivity contribution is 9.10. The van der Waals surface area contributed by atoms with Gasteiger partial charge in [0.25, 0.3) is 5.91 Å². The fraction of sp³-hybridized carbons (Fsp3) is 0.263. The van der Waals surface area contributed by atoms with Gasteiger partial charge in [0, 0.05) is 24.0 Å². The molecule has 4 nitrogen and oxygen atoms in total. The number of amides is 2. The van der Waals surface area contributed by atoms with E-state index in [1.807, 2.05) is 25.1 Å². The maximum Gasteiger partial charge on any atom is 0.252 e. The molecule has 0 aliphatic heterocycles. The molecule has 2 N–H and O–H groups in total. The molecular weight excluding hydrogens is 387 g/mol. The Hall–Kier alpha value is -2.21. The quantitative estimate of drug-likeness (QED) is 0.740. The SMILES string of the molecule is Cc1cccc(CCNC(=O)CCNC(=O)c2cc(F)ccc2Br)c1. The van der Waals surface area contributed by atoms with Crippen LogP contribution in [0.25, 0.3) is 0 Å². The van der Waals surface area contributed by atoms with E-state index in [1.165, 1.54) is 23.3 Å². The molecule has 25 heavy (non-hydrogen) atoms. The minimum absolute atomic E-state index is 0.133.